The highest BCUT2D eigenvalue weighted by molar-refractivity contribution is 5.84. The lowest BCUT2D eigenvalue weighted by molar-refractivity contribution is -0.155. The SMILES string of the molecule is CN[C@H](C(=O)O)[C@H](O)C(=O)O. The third-order valence-electron chi connectivity index (χ3n) is 1.15. The molecule has 0 aromatic carbocycles. The van der Waals surface area contributed by atoms with Gasteiger partial charge >= 0.3 is 11.9 Å². The molecule has 0 rings (SSSR count). The van der Waals surface area contributed by atoms with Gasteiger partial charge in [-0.2, -0.15) is 0 Å². The van der Waals surface area contributed by atoms with Crippen molar-refractivity contribution in [3.63, 3.8) is 0 Å². The van der Waals surface area contributed by atoms with Gasteiger partial charge < -0.3 is 20.6 Å². The van der Waals surface area contributed by atoms with Gasteiger partial charge in [0, 0.05) is 0 Å². The van der Waals surface area contributed by atoms with Crippen molar-refractivity contribution in [3.8, 4) is 0 Å². The van der Waals surface area contributed by atoms with Gasteiger partial charge in [-0.3, -0.25) is 4.79 Å². The molecular formula is C5H9NO5. The Morgan fingerprint density at radius 2 is 1.73 bits per heavy atom. The number of hydrogen-bond donors (Lipinski definition) is 4. The van der Waals surface area contributed by atoms with Gasteiger partial charge in [-0.05, 0) is 7.05 Å². The number of carbonyl (C=O) groups is 2. The van der Waals surface area contributed by atoms with Gasteiger partial charge in [-0.15, -0.1) is 0 Å². The molecule has 0 aromatic rings. The van der Waals surface area contributed by atoms with Crippen LogP contribution in [-0.4, -0.2) is 46.5 Å². The van der Waals surface area contributed by atoms with E-state index in [2.05, 4.69) is 5.32 Å². The van der Waals surface area contributed by atoms with Crippen molar-refractivity contribution in [1.82, 2.24) is 5.32 Å². The zero-order valence-corrected chi connectivity index (χ0v) is 5.81. The number of aliphatic hydroxyl groups excluding tert-OH is 1. The Morgan fingerprint density at radius 1 is 1.27 bits per heavy atom. The summed E-state index contributed by atoms with van der Waals surface area (Å²) in [5, 5.41) is 27.4. The van der Waals surface area contributed by atoms with Crippen LogP contribution in [0.3, 0.4) is 0 Å². The average Bonchev–Trinajstić information content (AvgIpc) is 1.88. The van der Waals surface area contributed by atoms with Crippen LogP contribution in [-0.2, 0) is 9.59 Å². The topological polar surface area (TPSA) is 107 Å². The molecule has 6 nitrogen and oxygen atoms in total. The van der Waals surface area contributed by atoms with Crippen molar-refractivity contribution in [1.29, 1.82) is 0 Å². The summed E-state index contributed by atoms with van der Waals surface area (Å²) in [7, 11) is 1.25. The predicted octanol–water partition coefficient (Wildman–Crippen LogP) is -1.90. The van der Waals surface area contributed by atoms with E-state index in [4.69, 9.17) is 15.3 Å². The third-order valence-corrected chi connectivity index (χ3v) is 1.15. The number of carboxylic acid groups (broad SMARTS) is 2. The smallest absolute Gasteiger partial charge is 0.334 e. The standard InChI is InChI=1S/C5H9NO5/c1-6-2(4(8)9)3(7)5(10)11/h2-3,6-7H,1H3,(H,8,9)(H,10,11)/t2-,3-/m0/s1. The Labute approximate surface area is 62.5 Å². The summed E-state index contributed by atoms with van der Waals surface area (Å²) in [5.41, 5.74) is 0. The fourth-order valence-corrected chi connectivity index (χ4v) is 0.559. The molecule has 0 bridgehead atoms. The molecule has 0 saturated carbocycles. The molecule has 6 heteroatoms. The molecule has 0 fully saturated rings. The van der Waals surface area contributed by atoms with Crippen molar-refractivity contribution >= 4 is 11.9 Å². The maximum atomic E-state index is 10.2. The number of aliphatic hydroxyl groups is 1. The van der Waals surface area contributed by atoms with Gasteiger partial charge in [-0.25, -0.2) is 4.79 Å². The van der Waals surface area contributed by atoms with Crippen LogP contribution in [0.5, 0.6) is 0 Å². The number of aliphatic carboxylic acids is 2. The number of carboxylic acids is 2. The summed E-state index contributed by atoms with van der Waals surface area (Å²) in [6.07, 6.45) is -1.92. The van der Waals surface area contributed by atoms with E-state index < -0.39 is 24.1 Å². The minimum atomic E-state index is -1.92. The van der Waals surface area contributed by atoms with E-state index in [9.17, 15) is 9.59 Å². The van der Waals surface area contributed by atoms with Crippen LogP contribution in [0.1, 0.15) is 0 Å². The molecule has 0 amide bonds. The zero-order valence-electron chi connectivity index (χ0n) is 5.81. The molecular weight excluding hydrogens is 154 g/mol. The minimum Gasteiger partial charge on any atom is -0.480 e. The molecule has 0 aromatic heterocycles. The highest BCUT2D eigenvalue weighted by Crippen LogP contribution is 1.92. The molecule has 2 atom stereocenters. The van der Waals surface area contributed by atoms with Gasteiger partial charge in [0.25, 0.3) is 0 Å². The summed E-state index contributed by atoms with van der Waals surface area (Å²) >= 11 is 0. The second-order valence-corrected chi connectivity index (χ2v) is 1.89. The first kappa shape index (κ1) is 9.86. The number of nitrogens with one attached hydrogen (secondary N) is 1. The van der Waals surface area contributed by atoms with E-state index in [1.54, 1.807) is 0 Å². The van der Waals surface area contributed by atoms with E-state index >= 15 is 0 Å². The molecule has 0 saturated heterocycles. The van der Waals surface area contributed by atoms with Crippen LogP contribution >= 0.6 is 0 Å². The molecule has 4 N–H and O–H groups in total. The van der Waals surface area contributed by atoms with Gasteiger partial charge in [0.2, 0.25) is 0 Å². The van der Waals surface area contributed by atoms with Crippen LogP contribution < -0.4 is 5.32 Å². The van der Waals surface area contributed by atoms with Gasteiger partial charge in [0.15, 0.2) is 6.10 Å². The molecule has 11 heavy (non-hydrogen) atoms. The lowest BCUT2D eigenvalue weighted by atomic mass is 10.2. The van der Waals surface area contributed by atoms with Crippen molar-refractivity contribution in [2.45, 2.75) is 12.1 Å². The predicted molar refractivity (Wildman–Crippen MR) is 34.1 cm³/mol. The number of likely N-dealkylation sites (N-methyl/N-ethyl adjacent to an activating group) is 1. The first-order valence-corrected chi connectivity index (χ1v) is 2.81. The molecule has 64 valence electrons. The third kappa shape index (κ3) is 2.52. The van der Waals surface area contributed by atoms with E-state index in [1.807, 2.05) is 0 Å². The first-order chi connectivity index (χ1) is 5.00. The molecule has 0 radical (unpaired) electrons. The number of hydrogen-bond acceptors (Lipinski definition) is 4. The summed E-state index contributed by atoms with van der Waals surface area (Å²) < 4.78 is 0. The Hall–Kier alpha value is -1.14. The van der Waals surface area contributed by atoms with Gasteiger partial charge in [0.05, 0.1) is 0 Å². The van der Waals surface area contributed by atoms with E-state index in [0.29, 0.717) is 0 Å². The Balaban J connectivity index is 4.25. The second kappa shape index (κ2) is 3.89. The van der Waals surface area contributed by atoms with Gasteiger partial charge in [-0.1, -0.05) is 0 Å². The highest BCUT2D eigenvalue weighted by Gasteiger charge is 2.30. The normalized spacial score (nSPS) is 15.5. The fraction of sp³-hybridized carbons (Fsp3) is 0.600. The molecule has 0 unspecified atom stereocenters. The van der Waals surface area contributed by atoms with Crippen molar-refractivity contribution < 1.29 is 24.9 Å². The van der Waals surface area contributed by atoms with Crippen molar-refractivity contribution in [2.75, 3.05) is 7.05 Å². The van der Waals surface area contributed by atoms with E-state index in [1.165, 1.54) is 7.05 Å². The summed E-state index contributed by atoms with van der Waals surface area (Å²) in [5.74, 6) is -2.96. The summed E-state index contributed by atoms with van der Waals surface area (Å²) in [6.45, 7) is 0. The monoisotopic (exact) mass is 163 g/mol. The molecule has 0 aliphatic rings. The van der Waals surface area contributed by atoms with Crippen LogP contribution in [0.15, 0.2) is 0 Å². The van der Waals surface area contributed by atoms with Gasteiger partial charge in [0.1, 0.15) is 6.04 Å². The van der Waals surface area contributed by atoms with Crippen LogP contribution in [0, 0.1) is 0 Å². The van der Waals surface area contributed by atoms with Crippen molar-refractivity contribution in [3.05, 3.63) is 0 Å². The van der Waals surface area contributed by atoms with E-state index in [0.717, 1.165) is 0 Å². The Bertz CT molecular complexity index is 168. The molecule has 0 aliphatic carbocycles. The summed E-state index contributed by atoms with van der Waals surface area (Å²) in [4.78, 5) is 20.2. The molecule has 0 heterocycles. The molecule has 0 spiro atoms. The average molecular weight is 163 g/mol. The minimum absolute atomic E-state index is 1.25. The van der Waals surface area contributed by atoms with Crippen LogP contribution in [0.2, 0.25) is 0 Å². The van der Waals surface area contributed by atoms with Crippen molar-refractivity contribution in [2.24, 2.45) is 0 Å². The zero-order chi connectivity index (χ0) is 9.02. The maximum Gasteiger partial charge on any atom is 0.334 e. The maximum absolute atomic E-state index is 10.2. The highest BCUT2D eigenvalue weighted by atomic mass is 16.4. The lowest BCUT2D eigenvalue weighted by Gasteiger charge is -2.13. The fourth-order valence-electron chi connectivity index (χ4n) is 0.559. The summed E-state index contributed by atoms with van der Waals surface area (Å²) in [6, 6.07) is -1.47. The van der Waals surface area contributed by atoms with E-state index in [-0.39, 0.29) is 0 Å². The second-order valence-electron chi connectivity index (χ2n) is 1.89. The quantitative estimate of drug-likeness (QED) is 0.386. The number of rotatable bonds is 4. The van der Waals surface area contributed by atoms with Crippen LogP contribution in [0.25, 0.3) is 0 Å². The Morgan fingerprint density at radius 3 is 1.82 bits per heavy atom. The first-order valence-electron chi connectivity index (χ1n) is 2.81. The Kier molecular flexibility index (Phi) is 3.49. The lowest BCUT2D eigenvalue weighted by Crippen LogP contribution is -2.48. The molecule has 0 aliphatic heterocycles. The largest absolute Gasteiger partial charge is 0.480 e. The van der Waals surface area contributed by atoms with Crippen LogP contribution in [0.4, 0.5) is 0 Å².